The van der Waals surface area contributed by atoms with Crippen LogP contribution in [0, 0.1) is 0 Å². The molecule has 0 aromatic rings. The summed E-state index contributed by atoms with van der Waals surface area (Å²) in [6.45, 7) is 16.1. The van der Waals surface area contributed by atoms with Crippen molar-refractivity contribution in [2.45, 2.75) is 77.7 Å². The van der Waals surface area contributed by atoms with Crippen LogP contribution in [0.5, 0.6) is 0 Å². The molecule has 0 saturated heterocycles. The Morgan fingerprint density at radius 2 is 1.64 bits per heavy atom. The fraction of sp³-hybridized carbons (Fsp3) is 0.867. The predicted molar refractivity (Wildman–Crippen MR) is 90.0 cm³/mol. The summed E-state index contributed by atoms with van der Waals surface area (Å²) in [7, 11) is -2.23. The van der Waals surface area contributed by atoms with Crippen LogP contribution in [0.1, 0.15) is 48.0 Å². The maximum atomic E-state index is 11.7. The molecule has 22 heavy (non-hydrogen) atoms. The van der Waals surface area contributed by atoms with Crippen molar-refractivity contribution < 1.29 is 23.9 Å². The van der Waals surface area contributed by atoms with Gasteiger partial charge in [0.1, 0.15) is 0 Å². The second-order valence-electron chi connectivity index (χ2n) is 8.31. The second-order valence-corrected chi connectivity index (χ2v) is 13.9. The van der Waals surface area contributed by atoms with E-state index >= 15 is 0 Å². The van der Waals surface area contributed by atoms with E-state index in [4.69, 9.17) is 9.16 Å². The first-order valence-corrected chi connectivity index (χ1v) is 11.1. The summed E-state index contributed by atoms with van der Waals surface area (Å²) in [5, 5.41) is 11.7. The van der Waals surface area contributed by atoms with Crippen molar-refractivity contribution in [3.63, 3.8) is 0 Å². The number of hydrogen-bond acceptors (Lipinski definition) is 4. The molecule has 0 bridgehead atoms. The molecule has 132 valence electrons. The third-order valence-corrected chi connectivity index (χ3v) is 9.26. The number of aliphatic carboxylic acids is 1. The summed E-state index contributed by atoms with van der Waals surface area (Å²) < 4.78 is 11.0. The Kier molecular flexibility index (Phi) is 7.09. The zero-order chi connectivity index (χ0) is 17.8. The fourth-order valence-electron chi connectivity index (χ4n) is 1.44. The number of rotatable bonds is 6. The number of hydrogen-bond donors (Lipinski definition) is 2. The standard InChI is InChI=1S/C15H32NO5Si/c1-14(2,3)21-13(19)16-11(12(17)18)9-10-20-22(7,8)15(4,5)6/h11,22H,9-10H2,1-8H3,(H,16,19)(H,17,18)/q-1/t11-/m0/s1. The van der Waals surface area contributed by atoms with Gasteiger partial charge in [-0.25, -0.2) is 0 Å². The van der Waals surface area contributed by atoms with E-state index in [2.05, 4.69) is 39.2 Å². The minimum atomic E-state index is -2.23. The molecule has 0 aromatic heterocycles. The normalized spacial score (nSPS) is 15.1. The Labute approximate surface area is 134 Å². The zero-order valence-corrected chi connectivity index (χ0v) is 16.3. The topological polar surface area (TPSA) is 84.9 Å². The van der Waals surface area contributed by atoms with Crippen LogP contribution in [0.25, 0.3) is 0 Å². The van der Waals surface area contributed by atoms with E-state index in [1.54, 1.807) is 20.8 Å². The maximum absolute atomic E-state index is 11.7. The molecule has 0 aliphatic carbocycles. The van der Waals surface area contributed by atoms with Crippen molar-refractivity contribution in [3.8, 4) is 0 Å². The molecule has 0 radical (unpaired) electrons. The van der Waals surface area contributed by atoms with Crippen molar-refractivity contribution in [3.05, 3.63) is 0 Å². The molecule has 0 aliphatic heterocycles. The Morgan fingerprint density at radius 3 is 2.00 bits per heavy atom. The number of alkyl carbamates (subject to hydrolysis) is 1. The van der Waals surface area contributed by atoms with E-state index in [1.165, 1.54) is 0 Å². The first-order valence-electron chi connectivity index (χ1n) is 7.74. The van der Waals surface area contributed by atoms with Crippen molar-refractivity contribution in [1.82, 2.24) is 5.32 Å². The van der Waals surface area contributed by atoms with Crippen molar-refractivity contribution in [1.29, 1.82) is 0 Å². The summed E-state index contributed by atoms with van der Waals surface area (Å²) >= 11 is 0. The molecule has 0 heterocycles. The van der Waals surface area contributed by atoms with Crippen LogP contribution in [-0.2, 0) is 14.0 Å². The number of carbonyl (C=O) groups excluding carboxylic acids is 1. The van der Waals surface area contributed by atoms with Crippen LogP contribution < -0.4 is 5.32 Å². The summed E-state index contributed by atoms with van der Waals surface area (Å²) in [4.78, 5) is 22.9. The van der Waals surface area contributed by atoms with Gasteiger partial charge in [0, 0.05) is 0 Å². The van der Waals surface area contributed by atoms with Gasteiger partial charge >= 0.3 is 134 Å². The molecule has 0 aromatic carbocycles. The van der Waals surface area contributed by atoms with Gasteiger partial charge in [-0.2, -0.15) is 0 Å². The molecule has 7 heteroatoms. The Bertz CT molecular complexity index is 396. The van der Waals surface area contributed by atoms with Crippen LogP contribution in [0.15, 0.2) is 0 Å². The fourth-order valence-corrected chi connectivity index (χ4v) is 2.66. The molecule has 1 atom stereocenters. The average molecular weight is 335 g/mol. The third kappa shape index (κ3) is 7.79. The SMILES string of the molecule is CC(C)(C)OC(=O)N[C@@H](CCO[SiH-](C)(C)C(C)(C)C)C(=O)O. The molecule has 1 amide bonds. The Morgan fingerprint density at radius 1 is 1.14 bits per heavy atom. The van der Waals surface area contributed by atoms with E-state index in [-0.39, 0.29) is 11.5 Å². The number of amides is 1. The van der Waals surface area contributed by atoms with Crippen molar-refractivity contribution in [2.75, 3.05) is 6.61 Å². The summed E-state index contributed by atoms with van der Waals surface area (Å²) in [5.41, 5.74) is -0.661. The van der Waals surface area contributed by atoms with Gasteiger partial charge < -0.3 is 0 Å². The number of nitrogens with one attached hydrogen (secondary N) is 1. The average Bonchev–Trinajstić information content (AvgIpc) is 2.22. The quantitative estimate of drug-likeness (QED) is 0.729. The molecule has 0 fully saturated rings. The van der Waals surface area contributed by atoms with Gasteiger partial charge in [0.15, 0.2) is 0 Å². The number of carboxylic acid groups (broad SMARTS) is 1. The molecule has 0 aliphatic rings. The predicted octanol–water partition coefficient (Wildman–Crippen LogP) is 3.11. The molecule has 0 rings (SSSR count). The van der Waals surface area contributed by atoms with E-state index in [0.29, 0.717) is 6.61 Å². The molecule has 0 spiro atoms. The van der Waals surface area contributed by atoms with Gasteiger partial charge in [0.2, 0.25) is 0 Å². The molecular formula is C15H32NO5Si-. The molecule has 6 nitrogen and oxygen atoms in total. The van der Waals surface area contributed by atoms with Crippen molar-refractivity contribution in [2.24, 2.45) is 0 Å². The van der Waals surface area contributed by atoms with Crippen LogP contribution in [0.2, 0.25) is 18.1 Å². The van der Waals surface area contributed by atoms with Gasteiger partial charge in [0.25, 0.3) is 0 Å². The summed E-state index contributed by atoms with van der Waals surface area (Å²) in [6, 6.07) is -1.01. The van der Waals surface area contributed by atoms with Crippen LogP contribution in [0.3, 0.4) is 0 Å². The molecule has 2 N–H and O–H groups in total. The minimum absolute atomic E-state index is 0.0876. The zero-order valence-electron chi connectivity index (χ0n) is 15.1. The van der Waals surface area contributed by atoms with Crippen LogP contribution in [0.4, 0.5) is 4.79 Å². The Balaban J connectivity index is 4.51. The van der Waals surface area contributed by atoms with Gasteiger partial charge in [0.05, 0.1) is 0 Å². The first kappa shape index (κ1) is 20.9. The van der Waals surface area contributed by atoms with Gasteiger partial charge in [-0.1, -0.05) is 0 Å². The van der Waals surface area contributed by atoms with E-state index in [1.807, 2.05) is 0 Å². The number of carboxylic acids is 1. The van der Waals surface area contributed by atoms with Crippen LogP contribution in [-0.4, -0.2) is 43.7 Å². The van der Waals surface area contributed by atoms with Gasteiger partial charge in [-0.15, -0.1) is 0 Å². The Hall–Kier alpha value is -1.08. The molecule has 0 unspecified atom stereocenters. The third-order valence-electron chi connectivity index (χ3n) is 4.02. The number of carbonyl (C=O) groups is 2. The molecule has 0 saturated carbocycles. The number of ether oxygens (including phenoxy) is 1. The first-order chi connectivity index (χ1) is 9.66. The van der Waals surface area contributed by atoms with E-state index in [0.717, 1.165) is 0 Å². The van der Waals surface area contributed by atoms with Crippen LogP contribution >= 0.6 is 0 Å². The van der Waals surface area contributed by atoms with Crippen molar-refractivity contribution >= 4 is 20.4 Å². The van der Waals surface area contributed by atoms with Gasteiger partial charge in [-0.3, -0.25) is 0 Å². The van der Waals surface area contributed by atoms with E-state index < -0.39 is 32.0 Å². The second kappa shape index (κ2) is 7.46. The van der Waals surface area contributed by atoms with E-state index in [9.17, 15) is 14.7 Å². The summed E-state index contributed by atoms with van der Waals surface area (Å²) in [5.74, 6) is -1.09. The molecular weight excluding hydrogens is 302 g/mol. The van der Waals surface area contributed by atoms with Gasteiger partial charge in [-0.05, 0) is 0 Å². The monoisotopic (exact) mass is 334 g/mol. The summed E-state index contributed by atoms with van der Waals surface area (Å²) in [6.07, 6.45) is -0.511.